The summed E-state index contributed by atoms with van der Waals surface area (Å²) in [4.78, 5) is 2.16. The van der Waals surface area contributed by atoms with E-state index in [1.807, 2.05) is 31.2 Å². The summed E-state index contributed by atoms with van der Waals surface area (Å²) in [6, 6.07) is 8.00. The highest BCUT2D eigenvalue weighted by atomic mass is 35.5. The van der Waals surface area contributed by atoms with Gasteiger partial charge in [0.05, 0.1) is 6.61 Å². The van der Waals surface area contributed by atoms with Crippen molar-refractivity contribution in [3.8, 4) is 5.75 Å². The number of ether oxygens (including phenoxy) is 1. The van der Waals surface area contributed by atoms with Crippen LogP contribution in [-0.2, 0) is 0 Å². The molecule has 5 heteroatoms. The first-order valence-corrected chi connectivity index (χ1v) is 6.48. The maximum Gasteiger partial charge on any atom is 0.119 e. The number of nitrogens with zero attached hydrogens (tertiary/aromatic N) is 1. The van der Waals surface area contributed by atoms with E-state index in [1.54, 1.807) is 0 Å². The van der Waals surface area contributed by atoms with Crippen LogP contribution in [0, 0.1) is 0 Å². The molecule has 0 saturated carbocycles. The van der Waals surface area contributed by atoms with E-state index < -0.39 is 0 Å². The lowest BCUT2D eigenvalue weighted by Crippen LogP contribution is -2.27. The van der Waals surface area contributed by atoms with Crippen molar-refractivity contribution in [1.82, 2.24) is 0 Å². The van der Waals surface area contributed by atoms with Crippen LogP contribution in [0.15, 0.2) is 24.3 Å². The molecule has 98 valence electrons. The molecular formula is C12H18Cl3NO. The lowest BCUT2D eigenvalue weighted by molar-refractivity contribution is 0.340. The van der Waals surface area contributed by atoms with E-state index in [-0.39, 0.29) is 12.4 Å². The third-order valence-electron chi connectivity index (χ3n) is 2.22. The molecule has 0 unspecified atom stereocenters. The zero-order valence-corrected chi connectivity index (χ0v) is 12.2. The van der Waals surface area contributed by atoms with Gasteiger partial charge in [-0.3, -0.25) is 0 Å². The average Bonchev–Trinajstić information content (AvgIpc) is 2.30. The molecule has 0 heterocycles. The fourth-order valence-electron chi connectivity index (χ4n) is 1.49. The number of rotatable bonds is 7. The predicted molar refractivity (Wildman–Crippen MR) is 78.5 cm³/mol. The number of benzene rings is 1. The van der Waals surface area contributed by atoms with Crippen LogP contribution >= 0.6 is 35.6 Å². The van der Waals surface area contributed by atoms with Gasteiger partial charge in [-0.25, -0.2) is 0 Å². The summed E-state index contributed by atoms with van der Waals surface area (Å²) in [6.45, 7) is 4.28. The summed E-state index contributed by atoms with van der Waals surface area (Å²) in [5, 5.41) is 0. The Bertz CT molecular complexity index is 286. The average molecular weight is 299 g/mol. The Morgan fingerprint density at radius 2 is 1.59 bits per heavy atom. The Labute approximate surface area is 119 Å². The van der Waals surface area contributed by atoms with Gasteiger partial charge in [0.2, 0.25) is 0 Å². The second kappa shape index (κ2) is 9.69. The SMILES string of the molecule is CCOc1ccc(N(CCCl)CCCl)cc1.Cl. The van der Waals surface area contributed by atoms with Crippen LogP contribution in [0.4, 0.5) is 5.69 Å². The fraction of sp³-hybridized carbons (Fsp3) is 0.500. The van der Waals surface area contributed by atoms with E-state index in [4.69, 9.17) is 27.9 Å². The third-order valence-corrected chi connectivity index (χ3v) is 2.56. The largest absolute Gasteiger partial charge is 0.494 e. The van der Waals surface area contributed by atoms with Gasteiger partial charge < -0.3 is 9.64 Å². The first-order chi connectivity index (χ1) is 7.81. The molecule has 0 aliphatic heterocycles. The lowest BCUT2D eigenvalue weighted by Gasteiger charge is -2.22. The van der Waals surface area contributed by atoms with Gasteiger partial charge in [-0.05, 0) is 31.2 Å². The Hall–Kier alpha value is -0.310. The molecule has 0 fully saturated rings. The van der Waals surface area contributed by atoms with Gasteiger partial charge in [-0.2, -0.15) is 0 Å². The van der Waals surface area contributed by atoms with Crippen LogP contribution in [0.3, 0.4) is 0 Å². The summed E-state index contributed by atoms with van der Waals surface area (Å²) >= 11 is 11.5. The van der Waals surface area contributed by atoms with Crippen molar-refractivity contribution in [2.75, 3.05) is 36.4 Å². The van der Waals surface area contributed by atoms with E-state index in [1.165, 1.54) is 0 Å². The number of halogens is 3. The van der Waals surface area contributed by atoms with Gasteiger partial charge in [-0.15, -0.1) is 35.6 Å². The highest BCUT2D eigenvalue weighted by molar-refractivity contribution is 6.18. The van der Waals surface area contributed by atoms with Crippen molar-refractivity contribution in [3.05, 3.63) is 24.3 Å². The highest BCUT2D eigenvalue weighted by Gasteiger charge is 2.04. The van der Waals surface area contributed by atoms with Crippen molar-refractivity contribution in [2.24, 2.45) is 0 Å². The molecule has 1 aromatic carbocycles. The van der Waals surface area contributed by atoms with Crippen LogP contribution in [0.5, 0.6) is 5.75 Å². The Morgan fingerprint density at radius 3 is 2.00 bits per heavy atom. The summed E-state index contributed by atoms with van der Waals surface area (Å²) < 4.78 is 5.39. The van der Waals surface area contributed by atoms with Crippen molar-refractivity contribution in [2.45, 2.75) is 6.92 Å². The fourth-order valence-corrected chi connectivity index (χ4v) is 1.90. The highest BCUT2D eigenvalue weighted by Crippen LogP contribution is 2.19. The molecule has 0 aromatic heterocycles. The lowest BCUT2D eigenvalue weighted by atomic mass is 10.2. The van der Waals surface area contributed by atoms with Gasteiger partial charge in [0, 0.05) is 30.5 Å². The molecule has 1 rings (SSSR count). The minimum absolute atomic E-state index is 0. The Morgan fingerprint density at radius 1 is 1.06 bits per heavy atom. The maximum absolute atomic E-state index is 5.75. The van der Waals surface area contributed by atoms with E-state index in [2.05, 4.69) is 4.90 Å². The Balaban J connectivity index is 0.00000256. The number of hydrogen-bond acceptors (Lipinski definition) is 2. The molecule has 0 bridgehead atoms. The molecule has 0 N–H and O–H groups in total. The molecule has 0 radical (unpaired) electrons. The van der Waals surface area contributed by atoms with Gasteiger partial charge >= 0.3 is 0 Å². The van der Waals surface area contributed by atoms with Gasteiger partial charge in [0.1, 0.15) is 5.75 Å². The molecule has 0 saturated heterocycles. The molecule has 0 spiro atoms. The van der Waals surface area contributed by atoms with Crippen LogP contribution in [0.25, 0.3) is 0 Å². The molecular weight excluding hydrogens is 280 g/mol. The van der Waals surface area contributed by atoms with Gasteiger partial charge in [-0.1, -0.05) is 0 Å². The summed E-state index contributed by atoms with van der Waals surface area (Å²) in [6.07, 6.45) is 0. The van der Waals surface area contributed by atoms with Crippen LogP contribution in [0.1, 0.15) is 6.92 Å². The first-order valence-electron chi connectivity index (χ1n) is 5.41. The number of anilines is 1. The van der Waals surface area contributed by atoms with Gasteiger partial charge in [0.15, 0.2) is 0 Å². The second-order valence-corrected chi connectivity index (χ2v) is 4.05. The second-order valence-electron chi connectivity index (χ2n) is 3.29. The monoisotopic (exact) mass is 297 g/mol. The smallest absolute Gasteiger partial charge is 0.119 e. The molecule has 0 amide bonds. The Kier molecular flexibility index (Phi) is 9.52. The predicted octanol–water partition coefficient (Wildman–Crippen LogP) is 3.79. The van der Waals surface area contributed by atoms with E-state index in [9.17, 15) is 0 Å². The van der Waals surface area contributed by atoms with Crippen LogP contribution in [0.2, 0.25) is 0 Å². The molecule has 1 aromatic rings. The number of alkyl halides is 2. The summed E-state index contributed by atoms with van der Waals surface area (Å²) in [5.74, 6) is 2.09. The third kappa shape index (κ3) is 5.71. The molecule has 0 aliphatic carbocycles. The van der Waals surface area contributed by atoms with Crippen molar-refractivity contribution in [1.29, 1.82) is 0 Å². The maximum atomic E-state index is 5.75. The zero-order valence-electron chi connectivity index (χ0n) is 9.86. The molecule has 0 atom stereocenters. The van der Waals surface area contributed by atoms with Crippen LogP contribution < -0.4 is 9.64 Å². The minimum atomic E-state index is 0. The van der Waals surface area contributed by atoms with E-state index in [0.717, 1.165) is 24.5 Å². The standard InChI is InChI=1S/C12H17Cl2NO.ClH/c1-2-16-12-5-3-11(4-6-12)15(9-7-13)10-8-14;/h3-6H,2,7-10H2,1H3;1H. The first kappa shape index (κ1) is 16.7. The topological polar surface area (TPSA) is 12.5 Å². The molecule has 17 heavy (non-hydrogen) atoms. The van der Waals surface area contributed by atoms with Crippen LogP contribution in [-0.4, -0.2) is 31.5 Å². The van der Waals surface area contributed by atoms with Crippen molar-refractivity contribution < 1.29 is 4.74 Å². The van der Waals surface area contributed by atoms with E-state index in [0.29, 0.717) is 18.4 Å². The minimum Gasteiger partial charge on any atom is -0.494 e. The van der Waals surface area contributed by atoms with Crippen molar-refractivity contribution >= 4 is 41.3 Å². The van der Waals surface area contributed by atoms with Crippen molar-refractivity contribution in [3.63, 3.8) is 0 Å². The summed E-state index contributed by atoms with van der Waals surface area (Å²) in [5.41, 5.74) is 1.13. The zero-order chi connectivity index (χ0) is 11.8. The molecule has 2 nitrogen and oxygen atoms in total. The van der Waals surface area contributed by atoms with E-state index >= 15 is 0 Å². The molecule has 0 aliphatic rings. The quantitative estimate of drug-likeness (QED) is 0.710. The normalized spacial score (nSPS) is 9.59. The summed E-state index contributed by atoms with van der Waals surface area (Å²) in [7, 11) is 0. The number of hydrogen-bond donors (Lipinski definition) is 0. The van der Waals surface area contributed by atoms with Gasteiger partial charge in [0.25, 0.3) is 0 Å².